The molecule has 0 radical (unpaired) electrons. The van der Waals surface area contributed by atoms with E-state index in [0.717, 1.165) is 25.6 Å². The Kier molecular flexibility index (Phi) is 6.49. The van der Waals surface area contributed by atoms with Crippen molar-refractivity contribution >= 4 is 5.91 Å². The largest absolute Gasteiger partial charge is 0.343 e. The number of hydrogen-bond donors (Lipinski definition) is 1. The van der Waals surface area contributed by atoms with Crippen molar-refractivity contribution < 1.29 is 4.79 Å². The first kappa shape index (κ1) is 16.8. The molecule has 0 bridgehead atoms. The van der Waals surface area contributed by atoms with Crippen LogP contribution in [-0.2, 0) is 4.79 Å². The lowest BCUT2D eigenvalue weighted by atomic mass is 9.94. The van der Waals surface area contributed by atoms with E-state index in [2.05, 4.69) is 18.7 Å². The Morgan fingerprint density at radius 1 is 1.19 bits per heavy atom. The van der Waals surface area contributed by atoms with Crippen LogP contribution in [0.5, 0.6) is 0 Å². The first-order valence-electron chi connectivity index (χ1n) is 8.94. The van der Waals surface area contributed by atoms with E-state index in [1.54, 1.807) is 0 Å². The van der Waals surface area contributed by atoms with Crippen molar-refractivity contribution in [2.24, 2.45) is 11.7 Å². The van der Waals surface area contributed by atoms with Gasteiger partial charge in [0.25, 0.3) is 0 Å². The highest BCUT2D eigenvalue weighted by molar-refractivity contribution is 5.76. The molecule has 1 heterocycles. The van der Waals surface area contributed by atoms with Crippen LogP contribution in [0, 0.1) is 5.92 Å². The first-order valence-corrected chi connectivity index (χ1v) is 8.94. The van der Waals surface area contributed by atoms with Crippen molar-refractivity contribution in [3.8, 4) is 0 Å². The molecular weight excluding hydrogens is 262 g/mol. The summed E-state index contributed by atoms with van der Waals surface area (Å²) < 4.78 is 0. The molecule has 1 amide bonds. The molecule has 21 heavy (non-hydrogen) atoms. The van der Waals surface area contributed by atoms with Gasteiger partial charge in [-0.2, -0.15) is 0 Å². The number of nitrogens with zero attached hydrogens (tertiary/aromatic N) is 2. The molecule has 2 rings (SSSR count). The van der Waals surface area contributed by atoms with E-state index in [9.17, 15) is 4.79 Å². The molecule has 0 aromatic carbocycles. The average molecular weight is 295 g/mol. The Labute approximate surface area is 130 Å². The van der Waals surface area contributed by atoms with Crippen LogP contribution in [-0.4, -0.2) is 54.0 Å². The van der Waals surface area contributed by atoms with Gasteiger partial charge in [-0.05, 0) is 52.0 Å². The van der Waals surface area contributed by atoms with Gasteiger partial charge in [-0.1, -0.05) is 12.8 Å². The lowest BCUT2D eigenvalue weighted by Crippen LogP contribution is -2.48. The molecule has 4 heteroatoms. The number of carbonyl (C=O) groups excluding carboxylic acids is 1. The van der Waals surface area contributed by atoms with Crippen LogP contribution in [0.15, 0.2) is 0 Å². The normalized spacial score (nSPS) is 25.4. The van der Waals surface area contributed by atoms with Crippen molar-refractivity contribution in [3.05, 3.63) is 0 Å². The predicted molar refractivity (Wildman–Crippen MR) is 87.1 cm³/mol. The van der Waals surface area contributed by atoms with Gasteiger partial charge >= 0.3 is 0 Å². The van der Waals surface area contributed by atoms with Crippen molar-refractivity contribution in [1.82, 2.24) is 9.80 Å². The number of hydrogen-bond acceptors (Lipinski definition) is 3. The number of amides is 1. The van der Waals surface area contributed by atoms with Gasteiger partial charge in [-0.15, -0.1) is 0 Å². The highest BCUT2D eigenvalue weighted by Gasteiger charge is 2.37. The average Bonchev–Trinajstić information content (AvgIpc) is 3.16. The van der Waals surface area contributed by atoms with Crippen molar-refractivity contribution in [2.75, 3.05) is 26.2 Å². The van der Waals surface area contributed by atoms with Gasteiger partial charge in [0.15, 0.2) is 0 Å². The van der Waals surface area contributed by atoms with Gasteiger partial charge < -0.3 is 10.6 Å². The van der Waals surface area contributed by atoms with E-state index in [0.29, 0.717) is 19.0 Å². The van der Waals surface area contributed by atoms with E-state index >= 15 is 0 Å². The summed E-state index contributed by atoms with van der Waals surface area (Å²) in [6.07, 6.45) is 8.71. The topological polar surface area (TPSA) is 49.6 Å². The maximum Gasteiger partial charge on any atom is 0.224 e. The molecule has 2 atom stereocenters. The fourth-order valence-electron chi connectivity index (χ4n) is 4.36. The number of likely N-dealkylation sites (tertiary alicyclic amines) is 1. The standard InChI is InChI=1S/C17H33N3O/c1-3-19(4-2)17(21)12-15(13-18)20-11-7-10-16(20)14-8-5-6-9-14/h14-16H,3-13,18H2,1-2H3. The van der Waals surface area contributed by atoms with Gasteiger partial charge in [-0.3, -0.25) is 9.69 Å². The van der Waals surface area contributed by atoms with Crippen LogP contribution in [0.4, 0.5) is 0 Å². The molecule has 1 saturated carbocycles. The number of carbonyl (C=O) groups is 1. The Morgan fingerprint density at radius 3 is 2.43 bits per heavy atom. The highest BCUT2D eigenvalue weighted by atomic mass is 16.2. The number of rotatable bonds is 7. The Hall–Kier alpha value is -0.610. The SMILES string of the molecule is CCN(CC)C(=O)CC(CN)N1CCCC1C1CCCC1. The molecular formula is C17H33N3O. The molecule has 1 aliphatic heterocycles. The van der Waals surface area contributed by atoms with Crippen LogP contribution in [0.25, 0.3) is 0 Å². The summed E-state index contributed by atoms with van der Waals surface area (Å²) in [5.41, 5.74) is 6.03. The number of nitrogens with two attached hydrogens (primary N) is 1. The minimum Gasteiger partial charge on any atom is -0.343 e. The minimum absolute atomic E-state index is 0.242. The smallest absolute Gasteiger partial charge is 0.224 e. The summed E-state index contributed by atoms with van der Waals surface area (Å²) in [5.74, 6) is 1.12. The quantitative estimate of drug-likeness (QED) is 0.783. The molecule has 2 aliphatic rings. The predicted octanol–water partition coefficient (Wildman–Crippen LogP) is 2.23. The van der Waals surface area contributed by atoms with Crippen molar-refractivity contribution in [3.63, 3.8) is 0 Å². The molecule has 1 saturated heterocycles. The van der Waals surface area contributed by atoms with Gasteiger partial charge in [0, 0.05) is 38.1 Å². The molecule has 4 nitrogen and oxygen atoms in total. The monoisotopic (exact) mass is 295 g/mol. The Balaban J connectivity index is 1.97. The van der Waals surface area contributed by atoms with Gasteiger partial charge in [0.2, 0.25) is 5.91 Å². The van der Waals surface area contributed by atoms with Crippen LogP contribution in [0.2, 0.25) is 0 Å². The zero-order valence-electron chi connectivity index (χ0n) is 13.9. The summed E-state index contributed by atoms with van der Waals surface area (Å²) in [7, 11) is 0. The molecule has 2 fully saturated rings. The second-order valence-corrected chi connectivity index (χ2v) is 6.65. The van der Waals surface area contributed by atoms with Gasteiger partial charge in [-0.25, -0.2) is 0 Å². The van der Waals surface area contributed by atoms with Gasteiger partial charge in [0.05, 0.1) is 0 Å². The van der Waals surface area contributed by atoms with Crippen LogP contribution in [0.3, 0.4) is 0 Å². The highest BCUT2D eigenvalue weighted by Crippen LogP contribution is 2.36. The summed E-state index contributed by atoms with van der Waals surface area (Å²) in [6, 6.07) is 0.928. The van der Waals surface area contributed by atoms with Crippen LogP contribution < -0.4 is 5.73 Å². The van der Waals surface area contributed by atoms with E-state index in [4.69, 9.17) is 5.73 Å². The zero-order valence-corrected chi connectivity index (χ0v) is 13.9. The van der Waals surface area contributed by atoms with Crippen LogP contribution in [0.1, 0.15) is 58.8 Å². The maximum atomic E-state index is 12.4. The summed E-state index contributed by atoms with van der Waals surface area (Å²) in [4.78, 5) is 16.9. The molecule has 122 valence electrons. The Bertz CT molecular complexity index is 324. The van der Waals surface area contributed by atoms with E-state index < -0.39 is 0 Å². The molecule has 2 unspecified atom stereocenters. The van der Waals surface area contributed by atoms with E-state index in [-0.39, 0.29) is 11.9 Å². The molecule has 0 aromatic heterocycles. The maximum absolute atomic E-state index is 12.4. The molecule has 0 spiro atoms. The summed E-state index contributed by atoms with van der Waals surface area (Å²) >= 11 is 0. The summed E-state index contributed by atoms with van der Waals surface area (Å²) in [6.45, 7) is 7.45. The summed E-state index contributed by atoms with van der Waals surface area (Å²) in [5, 5.41) is 0. The van der Waals surface area contributed by atoms with Crippen LogP contribution >= 0.6 is 0 Å². The minimum atomic E-state index is 0.242. The Morgan fingerprint density at radius 2 is 1.86 bits per heavy atom. The molecule has 2 N–H and O–H groups in total. The lowest BCUT2D eigenvalue weighted by molar-refractivity contribution is -0.132. The first-order chi connectivity index (χ1) is 10.2. The second kappa shape index (κ2) is 8.14. The fraction of sp³-hybridized carbons (Fsp3) is 0.941. The molecule has 0 aromatic rings. The van der Waals surface area contributed by atoms with E-state index in [1.165, 1.54) is 38.5 Å². The lowest BCUT2D eigenvalue weighted by Gasteiger charge is -2.36. The van der Waals surface area contributed by atoms with Gasteiger partial charge in [0.1, 0.15) is 0 Å². The van der Waals surface area contributed by atoms with Crippen molar-refractivity contribution in [1.29, 1.82) is 0 Å². The third-order valence-electron chi connectivity index (χ3n) is 5.55. The van der Waals surface area contributed by atoms with Crippen molar-refractivity contribution in [2.45, 2.75) is 70.9 Å². The zero-order chi connectivity index (χ0) is 15.2. The van der Waals surface area contributed by atoms with E-state index in [1.807, 2.05) is 4.90 Å². The second-order valence-electron chi connectivity index (χ2n) is 6.65. The fourth-order valence-corrected chi connectivity index (χ4v) is 4.36. The third-order valence-corrected chi connectivity index (χ3v) is 5.55. The molecule has 1 aliphatic carbocycles. The third kappa shape index (κ3) is 3.98.